The number of fused-ring (bicyclic) bond motifs is 1. The molecule has 0 saturated carbocycles. The Hall–Kier alpha value is -1.38. The largest absolute Gasteiger partial charge is 0.396 e. The topological polar surface area (TPSA) is 40.5 Å². The number of hydrogen-bond acceptors (Lipinski definition) is 2. The molecule has 0 aliphatic heterocycles. The van der Waals surface area contributed by atoms with Crippen molar-refractivity contribution < 1.29 is 10.2 Å². The molecule has 1 atom stereocenters. The third-order valence-electron chi connectivity index (χ3n) is 2.79. The number of aliphatic hydroxyl groups excluding tert-OH is 2. The second kappa shape index (κ2) is 5.10. The van der Waals surface area contributed by atoms with Crippen LogP contribution in [0.4, 0.5) is 0 Å². The highest BCUT2D eigenvalue weighted by molar-refractivity contribution is 5.83. The van der Waals surface area contributed by atoms with Crippen LogP contribution in [0.1, 0.15) is 24.5 Å². The average molecular weight is 216 g/mol. The molecule has 0 spiro atoms. The minimum absolute atomic E-state index is 0.130. The summed E-state index contributed by atoms with van der Waals surface area (Å²) in [4.78, 5) is 0. The summed E-state index contributed by atoms with van der Waals surface area (Å²) < 4.78 is 0. The Bertz CT molecular complexity index is 465. The van der Waals surface area contributed by atoms with Crippen molar-refractivity contribution in [2.45, 2.75) is 18.9 Å². The van der Waals surface area contributed by atoms with Crippen LogP contribution < -0.4 is 0 Å². The third kappa shape index (κ3) is 2.40. The summed E-state index contributed by atoms with van der Waals surface area (Å²) in [6.07, 6.45) is 0.764. The van der Waals surface area contributed by atoms with Gasteiger partial charge in [-0.3, -0.25) is 0 Å². The van der Waals surface area contributed by atoms with Gasteiger partial charge < -0.3 is 10.2 Å². The van der Waals surface area contributed by atoms with Crippen molar-refractivity contribution in [2.75, 3.05) is 6.61 Å². The van der Waals surface area contributed by atoms with E-state index in [0.29, 0.717) is 12.8 Å². The molecule has 84 valence electrons. The number of hydrogen-bond donors (Lipinski definition) is 2. The number of aliphatic hydroxyl groups is 2. The van der Waals surface area contributed by atoms with Crippen LogP contribution in [0.15, 0.2) is 42.5 Å². The first-order valence-electron chi connectivity index (χ1n) is 5.59. The SMILES string of the molecule is OCCC[C@@H](O)c1ccc2ccccc2c1. The molecule has 2 heteroatoms. The normalized spacial score (nSPS) is 12.9. The van der Waals surface area contributed by atoms with Gasteiger partial charge in [0.2, 0.25) is 0 Å². The van der Waals surface area contributed by atoms with E-state index in [9.17, 15) is 5.11 Å². The van der Waals surface area contributed by atoms with Crippen LogP contribution in [0.3, 0.4) is 0 Å². The van der Waals surface area contributed by atoms with Gasteiger partial charge in [-0.05, 0) is 35.2 Å². The van der Waals surface area contributed by atoms with Crippen LogP contribution in [0.25, 0.3) is 10.8 Å². The van der Waals surface area contributed by atoms with E-state index in [0.717, 1.165) is 10.9 Å². The third-order valence-corrected chi connectivity index (χ3v) is 2.79. The lowest BCUT2D eigenvalue weighted by molar-refractivity contribution is 0.152. The van der Waals surface area contributed by atoms with Gasteiger partial charge in [-0.15, -0.1) is 0 Å². The smallest absolute Gasteiger partial charge is 0.0791 e. The van der Waals surface area contributed by atoms with Gasteiger partial charge in [-0.1, -0.05) is 36.4 Å². The molecule has 2 N–H and O–H groups in total. The lowest BCUT2D eigenvalue weighted by Gasteiger charge is -2.10. The summed E-state index contributed by atoms with van der Waals surface area (Å²) in [5.74, 6) is 0. The van der Waals surface area contributed by atoms with E-state index >= 15 is 0 Å². The van der Waals surface area contributed by atoms with E-state index in [1.807, 2.05) is 36.4 Å². The quantitative estimate of drug-likeness (QED) is 0.824. The maximum atomic E-state index is 9.90. The van der Waals surface area contributed by atoms with E-state index in [-0.39, 0.29) is 6.61 Å². The first kappa shape index (κ1) is 11.1. The van der Waals surface area contributed by atoms with Gasteiger partial charge in [0.05, 0.1) is 6.10 Å². The van der Waals surface area contributed by atoms with Crippen LogP contribution in [0.5, 0.6) is 0 Å². The summed E-state index contributed by atoms with van der Waals surface area (Å²) in [5.41, 5.74) is 0.923. The minimum atomic E-state index is -0.475. The zero-order valence-corrected chi connectivity index (χ0v) is 9.13. The molecule has 0 amide bonds. The molecule has 0 aliphatic carbocycles. The molecule has 2 nitrogen and oxygen atoms in total. The fourth-order valence-electron chi connectivity index (χ4n) is 1.87. The summed E-state index contributed by atoms with van der Waals surface area (Å²) in [6.45, 7) is 0.130. The fourth-order valence-corrected chi connectivity index (χ4v) is 1.87. The van der Waals surface area contributed by atoms with E-state index in [1.54, 1.807) is 0 Å². The van der Waals surface area contributed by atoms with Gasteiger partial charge in [-0.25, -0.2) is 0 Å². The summed E-state index contributed by atoms with van der Waals surface area (Å²) in [5, 5.41) is 20.9. The molecule has 2 rings (SSSR count). The molecule has 0 aromatic heterocycles. The van der Waals surface area contributed by atoms with Crippen molar-refractivity contribution in [3.63, 3.8) is 0 Å². The Kier molecular flexibility index (Phi) is 3.54. The van der Waals surface area contributed by atoms with Gasteiger partial charge in [0.1, 0.15) is 0 Å². The van der Waals surface area contributed by atoms with Gasteiger partial charge >= 0.3 is 0 Å². The number of benzene rings is 2. The average Bonchev–Trinajstić information content (AvgIpc) is 2.35. The van der Waals surface area contributed by atoms with E-state index in [1.165, 1.54) is 5.39 Å². The van der Waals surface area contributed by atoms with Gasteiger partial charge in [-0.2, -0.15) is 0 Å². The van der Waals surface area contributed by atoms with E-state index in [2.05, 4.69) is 6.07 Å². The number of rotatable bonds is 4. The maximum absolute atomic E-state index is 9.90. The van der Waals surface area contributed by atoms with Crippen molar-refractivity contribution in [2.24, 2.45) is 0 Å². The van der Waals surface area contributed by atoms with Crippen molar-refractivity contribution in [1.82, 2.24) is 0 Å². The van der Waals surface area contributed by atoms with E-state index in [4.69, 9.17) is 5.11 Å². The van der Waals surface area contributed by atoms with Crippen LogP contribution in [0.2, 0.25) is 0 Å². The molecule has 2 aromatic rings. The van der Waals surface area contributed by atoms with Crippen LogP contribution in [-0.2, 0) is 0 Å². The van der Waals surface area contributed by atoms with Crippen molar-refractivity contribution in [3.05, 3.63) is 48.0 Å². The van der Waals surface area contributed by atoms with Crippen LogP contribution >= 0.6 is 0 Å². The van der Waals surface area contributed by atoms with Crippen molar-refractivity contribution >= 4 is 10.8 Å². The molecule has 0 saturated heterocycles. The molecule has 0 fully saturated rings. The molecule has 0 bridgehead atoms. The molecule has 0 heterocycles. The van der Waals surface area contributed by atoms with Crippen LogP contribution in [-0.4, -0.2) is 16.8 Å². The molecule has 0 unspecified atom stereocenters. The van der Waals surface area contributed by atoms with Crippen molar-refractivity contribution in [1.29, 1.82) is 0 Å². The monoisotopic (exact) mass is 216 g/mol. The maximum Gasteiger partial charge on any atom is 0.0791 e. The predicted octanol–water partition coefficient (Wildman–Crippen LogP) is 2.65. The Morgan fingerprint density at radius 3 is 2.50 bits per heavy atom. The molecular formula is C14H16O2. The van der Waals surface area contributed by atoms with Gasteiger partial charge in [0, 0.05) is 6.61 Å². The van der Waals surface area contributed by atoms with Crippen LogP contribution in [0, 0.1) is 0 Å². The Balaban J connectivity index is 2.25. The Morgan fingerprint density at radius 2 is 1.75 bits per heavy atom. The lowest BCUT2D eigenvalue weighted by Crippen LogP contribution is -1.98. The molecule has 2 aromatic carbocycles. The first-order valence-corrected chi connectivity index (χ1v) is 5.59. The van der Waals surface area contributed by atoms with Gasteiger partial charge in [0.15, 0.2) is 0 Å². The van der Waals surface area contributed by atoms with Gasteiger partial charge in [0.25, 0.3) is 0 Å². The fraction of sp³-hybridized carbons (Fsp3) is 0.286. The Labute approximate surface area is 95.2 Å². The first-order chi connectivity index (χ1) is 7.81. The standard InChI is InChI=1S/C14H16O2/c15-9-3-6-14(16)13-8-7-11-4-1-2-5-12(11)10-13/h1-2,4-5,7-8,10,14-16H,3,6,9H2/t14-/m1/s1. The van der Waals surface area contributed by atoms with E-state index < -0.39 is 6.10 Å². The summed E-state index contributed by atoms with van der Waals surface area (Å²) in [7, 11) is 0. The molecule has 0 aliphatic rings. The highest BCUT2D eigenvalue weighted by Gasteiger charge is 2.07. The lowest BCUT2D eigenvalue weighted by atomic mass is 10.0. The zero-order valence-electron chi connectivity index (χ0n) is 9.13. The minimum Gasteiger partial charge on any atom is -0.396 e. The molecule has 16 heavy (non-hydrogen) atoms. The molecule has 0 radical (unpaired) electrons. The molecular weight excluding hydrogens is 200 g/mol. The Morgan fingerprint density at radius 1 is 1.00 bits per heavy atom. The zero-order chi connectivity index (χ0) is 11.4. The van der Waals surface area contributed by atoms with Crippen molar-refractivity contribution in [3.8, 4) is 0 Å². The summed E-state index contributed by atoms with van der Waals surface area (Å²) >= 11 is 0. The second-order valence-electron chi connectivity index (χ2n) is 3.99. The summed E-state index contributed by atoms with van der Waals surface area (Å²) in [6, 6.07) is 14.1. The second-order valence-corrected chi connectivity index (χ2v) is 3.99. The predicted molar refractivity (Wildman–Crippen MR) is 65.2 cm³/mol. The highest BCUT2D eigenvalue weighted by Crippen LogP contribution is 2.22. The highest BCUT2D eigenvalue weighted by atomic mass is 16.3.